The number of thiophene rings is 1. The summed E-state index contributed by atoms with van der Waals surface area (Å²) in [5, 5.41) is 13.1. The first-order chi connectivity index (χ1) is 14.9. The highest BCUT2D eigenvalue weighted by Gasteiger charge is 2.47. The summed E-state index contributed by atoms with van der Waals surface area (Å²) in [6.07, 6.45) is 0. The lowest BCUT2D eigenvalue weighted by Crippen LogP contribution is -2.29. The molecule has 0 aliphatic carbocycles. The van der Waals surface area contributed by atoms with Crippen molar-refractivity contribution in [2.75, 3.05) is 11.5 Å². The fraction of sp³-hybridized carbons (Fsp3) is 0.167. The number of aliphatic hydroxyl groups excluding tert-OH is 1. The molecule has 3 aromatic rings. The van der Waals surface area contributed by atoms with Gasteiger partial charge in [-0.1, -0.05) is 28.1 Å². The van der Waals surface area contributed by atoms with Crippen molar-refractivity contribution < 1.29 is 19.4 Å². The molecule has 1 N–H and O–H groups in total. The maximum Gasteiger partial charge on any atom is 0.300 e. The Morgan fingerprint density at radius 3 is 2.61 bits per heavy atom. The van der Waals surface area contributed by atoms with Gasteiger partial charge in [0.05, 0.1) is 12.2 Å². The van der Waals surface area contributed by atoms with E-state index >= 15 is 0 Å². The minimum atomic E-state index is -0.707. The van der Waals surface area contributed by atoms with E-state index in [0.717, 1.165) is 14.9 Å². The van der Waals surface area contributed by atoms with Crippen molar-refractivity contribution in [3.8, 4) is 5.75 Å². The van der Waals surface area contributed by atoms with Gasteiger partial charge in [0.1, 0.15) is 17.6 Å². The number of Topliss-reactive ketones (excluding diaryl/α,β-unsaturated/α-hetero) is 1. The summed E-state index contributed by atoms with van der Waals surface area (Å²) in [7, 11) is 0. The average molecular weight is 498 g/mol. The van der Waals surface area contributed by atoms with E-state index in [1.807, 2.05) is 37.4 Å². The third-order valence-corrected chi connectivity index (χ3v) is 6.51. The van der Waals surface area contributed by atoms with Crippen LogP contribution in [0.3, 0.4) is 0 Å². The highest BCUT2D eigenvalue weighted by atomic mass is 79.9. The number of ketones is 1. The number of anilines is 1. The molecular formula is C24H20BrNO4S. The van der Waals surface area contributed by atoms with Crippen LogP contribution in [-0.4, -0.2) is 23.4 Å². The minimum Gasteiger partial charge on any atom is -0.507 e. The fourth-order valence-electron chi connectivity index (χ4n) is 3.71. The van der Waals surface area contributed by atoms with Gasteiger partial charge < -0.3 is 9.84 Å². The van der Waals surface area contributed by atoms with Gasteiger partial charge in [-0.15, -0.1) is 11.3 Å². The van der Waals surface area contributed by atoms with Crippen molar-refractivity contribution in [3.63, 3.8) is 0 Å². The normalized spacial score (nSPS) is 17.9. The second kappa shape index (κ2) is 8.69. The molecule has 1 aliphatic rings. The van der Waals surface area contributed by atoms with E-state index < -0.39 is 17.7 Å². The number of hydrogen-bond donors (Lipinski definition) is 1. The molecule has 1 unspecified atom stereocenters. The number of aliphatic hydroxyl groups is 1. The van der Waals surface area contributed by atoms with Crippen molar-refractivity contribution >= 4 is 50.4 Å². The summed E-state index contributed by atoms with van der Waals surface area (Å²) in [5.74, 6) is -0.855. The lowest BCUT2D eigenvalue weighted by molar-refractivity contribution is -0.132. The van der Waals surface area contributed by atoms with E-state index in [9.17, 15) is 14.7 Å². The number of rotatable bonds is 5. The Labute approximate surface area is 192 Å². The zero-order valence-electron chi connectivity index (χ0n) is 17.0. The second-order valence-corrected chi connectivity index (χ2v) is 8.97. The lowest BCUT2D eigenvalue weighted by atomic mass is 9.98. The van der Waals surface area contributed by atoms with Crippen molar-refractivity contribution in [1.29, 1.82) is 0 Å². The van der Waals surface area contributed by atoms with Crippen molar-refractivity contribution in [1.82, 2.24) is 0 Å². The number of nitrogens with zero attached hydrogens (tertiary/aromatic N) is 1. The molecule has 0 bridgehead atoms. The average Bonchev–Trinajstić information content (AvgIpc) is 3.36. The van der Waals surface area contributed by atoms with Gasteiger partial charge in [0.15, 0.2) is 0 Å². The quantitative estimate of drug-likeness (QED) is 0.273. The smallest absolute Gasteiger partial charge is 0.300 e. The SMILES string of the molecule is CCOc1ccc(/C(O)=C2/C(=O)C(=O)N(c3cccc(Br)c3)C2c2cccs2)cc1C. The standard InChI is InChI=1S/C24H20BrNO4S/c1-3-30-18-10-9-15(12-14(18)2)22(27)20-21(19-8-5-11-31-19)26(24(29)23(20)28)17-7-4-6-16(25)13-17/h4-13,21,27H,3H2,1-2H3/b22-20-. The monoisotopic (exact) mass is 497 g/mol. The van der Waals surface area contributed by atoms with Crippen LogP contribution in [0.5, 0.6) is 5.75 Å². The predicted octanol–water partition coefficient (Wildman–Crippen LogP) is 5.84. The van der Waals surface area contributed by atoms with E-state index in [4.69, 9.17) is 4.74 Å². The van der Waals surface area contributed by atoms with E-state index in [-0.39, 0.29) is 11.3 Å². The summed E-state index contributed by atoms with van der Waals surface area (Å²) in [6, 6.07) is 15.5. The largest absolute Gasteiger partial charge is 0.507 e. The van der Waals surface area contributed by atoms with Crippen LogP contribution in [-0.2, 0) is 9.59 Å². The van der Waals surface area contributed by atoms with Gasteiger partial charge >= 0.3 is 0 Å². The Kier molecular flexibility index (Phi) is 5.98. The van der Waals surface area contributed by atoms with Gasteiger partial charge in [0.2, 0.25) is 0 Å². The fourth-order valence-corrected chi connectivity index (χ4v) is 4.92. The van der Waals surface area contributed by atoms with Gasteiger partial charge in [-0.2, -0.15) is 0 Å². The molecule has 31 heavy (non-hydrogen) atoms. The van der Waals surface area contributed by atoms with E-state index in [2.05, 4.69) is 15.9 Å². The molecule has 2 aromatic carbocycles. The van der Waals surface area contributed by atoms with E-state index in [1.165, 1.54) is 16.2 Å². The number of aryl methyl sites for hydroxylation is 1. The Hall–Kier alpha value is -2.90. The Morgan fingerprint density at radius 1 is 1.16 bits per heavy atom. The van der Waals surface area contributed by atoms with Gasteiger partial charge in [-0.05, 0) is 67.3 Å². The Bertz CT molecular complexity index is 1190. The summed E-state index contributed by atoms with van der Waals surface area (Å²) in [6.45, 7) is 4.30. The molecule has 158 valence electrons. The molecule has 1 saturated heterocycles. The summed E-state index contributed by atoms with van der Waals surface area (Å²) in [4.78, 5) is 28.4. The highest BCUT2D eigenvalue weighted by Crippen LogP contribution is 2.44. The number of amides is 1. The summed E-state index contributed by atoms with van der Waals surface area (Å²) >= 11 is 4.86. The molecule has 0 spiro atoms. The lowest BCUT2D eigenvalue weighted by Gasteiger charge is -2.24. The molecule has 0 radical (unpaired) electrons. The molecule has 2 heterocycles. The summed E-state index contributed by atoms with van der Waals surface area (Å²) < 4.78 is 6.36. The van der Waals surface area contributed by atoms with Crippen LogP contribution in [0.1, 0.15) is 29.0 Å². The molecule has 1 aromatic heterocycles. The van der Waals surface area contributed by atoms with Gasteiger partial charge in [-0.25, -0.2) is 0 Å². The summed E-state index contributed by atoms with van der Waals surface area (Å²) in [5.41, 5.74) is 1.96. The number of halogens is 1. The predicted molar refractivity (Wildman–Crippen MR) is 126 cm³/mol. The van der Waals surface area contributed by atoms with Gasteiger partial charge in [0.25, 0.3) is 11.7 Å². The van der Waals surface area contributed by atoms with Crippen LogP contribution >= 0.6 is 27.3 Å². The highest BCUT2D eigenvalue weighted by molar-refractivity contribution is 9.10. The molecule has 4 rings (SSSR count). The minimum absolute atomic E-state index is 0.0796. The molecule has 1 amide bonds. The van der Waals surface area contributed by atoms with E-state index in [1.54, 1.807) is 36.4 Å². The van der Waals surface area contributed by atoms with Crippen LogP contribution in [0, 0.1) is 6.92 Å². The Balaban J connectivity index is 1.88. The first kappa shape index (κ1) is 21.3. The molecule has 5 nitrogen and oxygen atoms in total. The topological polar surface area (TPSA) is 66.8 Å². The van der Waals surface area contributed by atoms with Crippen LogP contribution in [0.4, 0.5) is 5.69 Å². The molecule has 7 heteroatoms. The number of ether oxygens (including phenoxy) is 1. The maximum atomic E-state index is 13.1. The first-order valence-electron chi connectivity index (χ1n) is 9.76. The maximum absolute atomic E-state index is 13.1. The molecule has 0 saturated carbocycles. The molecule has 1 atom stereocenters. The zero-order chi connectivity index (χ0) is 22.1. The zero-order valence-corrected chi connectivity index (χ0v) is 19.4. The van der Waals surface area contributed by atoms with Gasteiger partial charge in [0, 0.05) is 20.6 Å². The third-order valence-electron chi connectivity index (χ3n) is 5.09. The van der Waals surface area contributed by atoms with Crippen LogP contribution in [0.25, 0.3) is 5.76 Å². The molecular weight excluding hydrogens is 478 g/mol. The number of hydrogen-bond acceptors (Lipinski definition) is 5. The number of carbonyl (C=O) groups is 2. The number of carbonyl (C=O) groups excluding carboxylic acids is 2. The van der Waals surface area contributed by atoms with Crippen molar-refractivity contribution in [2.45, 2.75) is 19.9 Å². The number of benzene rings is 2. The van der Waals surface area contributed by atoms with Gasteiger partial charge in [-0.3, -0.25) is 14.5 Å². The van der Waals surface area contributed by atoms with Crippen molar-refractivity contribution in [3.05, 3.63) is 86.0 Å². The Morgan fingerprint density at radius 2 is 1.97 bits per heavy atom. The van der Waals surface area contributed by atoms with Crippen LogP contribution in [0.15, 0.2) is 70.0 Å². The second-order valence-electron chi connectivity index (χ2n) is 7.08. The van der Waals surface area contributed by atoms with Crippen LogP contribution in [0.2, 0.25) is 0 Å². The first-order valence-corrected chi connectivity index (χ1v) is 11.4. The third kappa shape index (κ3) is 3.91. The van der Waals surface area contributed by atoms with Crippen LogP contribution < -0.4 is 9.64 Å². The van der Waals surface area contributed by atoms with E-state index in [0.29, 0.717) is 23.6 Å². The molecule has 1 aliphatic heterocycles. The molecule has 1 fully saturated rings. The van der Waals surface area contributed by atoms with Crippen molar-refractivity contribution in [2.24, 2.45) is 0 Å².